The van der Waals surface area contributed by atoms with Crippen molar-refractivity contribution in [1.29, 1.82) is 0 Å². The average Bonchev–Trinajstić information content (AvgIpc) is 2.30. The van der Waals surface area contributed by atoms with Gasteiger partial charge < -0.3 is 9.64 Å². The zero-order valence-electron chi connectivity index (χ0n) is 9.24. The van der Waals surface area contributed by atoms with Crippen molar-refractivity contribution in [3.05, 3.63) is 0 Å². The summed E-state index contributed by atoms with van der Waals surface area (Å²) in [5.74, 6) is 0. The maximum absolute atomic E-state index is 5.39. The summed E-state index contributed by atoms with van der Waals surface area (Å²) in [7, 11) is 0. The minimum absolute atomic E-state index is 0.799. The van der Waals surface area contributed by atoms with Crippen LogP contribution < -0.4 is 0 Å². The van der Waals surface area contributed by atoms with Gasteiger partial charge in [0.15, 0.2) is 0 Å². The molecule has 3 nitrogen and oxygen atoms in total. The molecule has 14 heavy (non-hydrogen) atoms. The normalized spacial score (nSPS) is 31.9. The Labute approximate surface area is 87.0 Å². The molecule has 0 radical (unpaired) electrons. The number of rotatable bonds is 2. The summed E-state index contributed by atoms with van der Waals surface area (Å²) in [6.45, 7) is 10.2. The van der Waals surface area contributed by atoms with Gasteiger partial charge in [-0.15, -0.1) is 0 Å². The Bertz CT molecular complexity index is 169. The van der Waals surface area contributed by atoms with Crippen LogP contribution in [0.25, 0.3) is 0 Å². The van der Waals surface area contributed by atoms with Crippen molar-refractivity contribution in [3.8, 4) is 0 Å². The van der Waals surface area contributed by atoms with Crippen molar-refractivity contribution < 1.29 is 4.74 Å². The zero-order valence-corrected chi connectivity index (χ0v) is 9.24. The monoisotopic (exact) mass is 198 g/mol. The van der Waals surface area contributed by atoms with Crippen molar-refractivity contribution in [2.75, 3.05) is 45.9 Å². The highest BCUT2D eigenvalue weighted by molar-refractivity contribution is 4.81. The molecular formula is C11H22N2O. The molecule has 0 aliphatic carbocycles. The minimum Gasteiger partial charge on any atom is -0.379 e. The van der Waals surface area contributed by atoms with Gasteiger partial charge in [-0.05, 0) is 25.9 Å². The lowest BCUT2D eigenvalue weighted by Gasteiger charge is -2.40. The fourth-order valence-electron chi connectivity index (χ4n) is 2.56. The molecule has 0 amide bonds. The summed E-state index contributed by atoms with van der Waals surface area (Å²) in [6.07, 6.45) is 2.76. The van der Waals surface area contributed by atoms with Crippen LogP contribution >= 0.6 is 0 Å². The first kappa shape index (κ1) is 10.4. The summed E-state index contributed by atoms with van der Waals surface area (Å²) in [5.41, 5.74) is 0. The maximum atomic E-state index is 5.39. The van der Waals surface area contributed by atoms with Crippen LogP contribution in [-0.4, -0.2) is 61.8 Å². The van der Waals surface area contributed by atoms with Crippen LogP contribution in [0.4, 0.5) is 0 Å². The summed E-state index contributed by atoms with van der Waals surface area (Å²) < 4.78 is 5.39. The highest BCUT2D eigenvalue weighted by atomic mass is 16.5. The molecular weight excluding hydrogens is 176 g/mol. The lowest BCUT2D eigenvalue weighted by molar-refractivity contribution is -0.00190. The third kappa shape index (κ3) is 2.47. The van der Waals surface area contributed by atoms with E-state index in [1.165, 1.54) is 32.5 Å². The van der Waals surface area contributed by atoms with Crippen molar-refractivity contribution in [1.82, 2.24) is 9.80 Å². The van der Waals surface area contributed by atoms with Crippen LogP contribution in [0, 0.1) is 0 Å². The average molecular weight is 198 g/mol. The summed E-state index contributed by atoms with van der Waals surface area (Å²) in [6, 6.07) is 0.799. The van der Waals surface area contributed by atoms with Crippen LogP contribution in [0.15, 0.2) is 0 Å². The number of hydrogen-bond donors (Lipinski definition) is 0. The molecule has 3 heteroatoms. The van der Waals surface area contributed by atoms with Gasteiger partial charge >= 0.3 is 0 Å². The van der Waals surface area contributed by atoms with Crippen molar-refractivity contribution >= 4 is 0 Å². The molecule has 0 aromatic carbocycles. The molecule has 0 bridgehead atoms. The quantitative estimate of drug-likeness (QED) is 0.653. The largest absolute Gasteiger partial charge is 0.379 e. The van der Waals surface area contributed by atoms with Gasteiger partial charge in [0.1, 0.15) is 0 Å². The van der Waals surface area contributed by atoms with Crippen LogP contribution in [0.5, 0.6) is 0 Å². The summed E-state index contributed by atoms with van der Waals surface area (Å²) in [4.78, 5) is 5.19. The van der Waals surface area contributed by atoms with Crippen LogP contribution in [0.3, 0.4) is 0 Å². The first-order chi connectivity index (χ1) is 6.90. The zero-order chi connectivity index (χ0) is 9.80. The molecule has 0 aromatic rings. The molecule has 0 saturated carbocycles. The van der Waals surface area contributed by atoms with E-state index in [0.717, 1.165) is 32.3 Å². The predicted molar refractivity (Wildman–Crippen MR) is 57.5 cm³/mol. The maximum Gasteiger partial charge on any atom is 0.0594 e. The third-order valence-electron chi connectivity index (χ3n) is 3.49. The second kappa shape index (κ2) is 5.10. The summed E-state index contributed by atoms with van der Waals surface area (Å²) in [5, 5.41) is 0. The van der Waals surface area contributed by atoms with Crippen LogP contribution in [-0.2, 0) is 4.74 Å². The Morgan fingerprint density at radius 2 is 2.00 bits per heavy atom. The highest BCUT2D eigenvalue weighted by Gasteiger charge is 2.25. The van der Waals surface area contributed by atoms with Gasteiger partial charge in [0.25, 0.3) is 0 Å². The first-order valence-electron chi connectivity index (χ1n) is 5.94. The smallest absolute Gasteiger partial charge is 0.0594 e. The van der Waals surface area contributed by atoms with Gasteiger partial charge in [-0.1, -0.05) is 6.92 Å². The number of hydrogen-bond acceptors (Lipinski definition) is 3. The van der Waals surface area contributed by atoms with Crippen molar-refractivity contribution in [2.45, 2.75) is 25.8 Å². The van der Waals surface area contributed by atoms with E-state index < -0.39 is 0 Å². The standard InChI is InChI=1S/C11H22N2O/c1-2-12-5-3-4-11(10-12)13-6-8-14-9-7-13/h11H,2-10H2,1H3. The molecule has 2 saturated heterocycles. The van der Waals surface area contributed by atoms with E-state index in [0.29, 0.717) is 0 Å². The molecule has 2 aliphatic rings. The molecule has 1 atom stereocenters. The third-order valence-corrected chi connectivity index (χ3v) is 3.49. The Balaban J connectivity index is 1.83. The van der Waals surface area contributed by atoms with Crippen LogP contribution in [0.1, 0.15) is 19.8 Å². The molecule has 0 N–H and O–H groups in total. The fourth-order valence-corrected chi connectivity index (χ4v) is 2.56. The van der Waals surface area contributed by atoms with E-state index in [4.69, 9.17) is 4.74 Å². The van der Waals surface area contributed by atoms with Gasteiger partial charge in [-0.2, -0.15) is 0 Å². The fraction of sp³-hybridized carbons (Fsp3) is 1.00. The Kier molecular flexibility index (Phi) is 3.79. The van der Waals surface area contributed by atoms with Gasteiger partial charge in [0.05, 0.1) is 13.2 Å². The Morgan fingerprint density at radius 1 is 1.21 bits per heavy atom. The molecule has 2 rings (SSSR count). The topological polar surface area (TPSA) is 15.7 Å². The number of likely N-dealkylation sites (N-methyl/N-ethyl adjacent to an activating group) is 1. The molecule has 82 valence electrons. The molecule has 2 aliphatic heterocycles. The molecule has 0 aromatic heterocycles. The lowest BCUT2D eigenvalue weighted by Crippen LogP contribution is -2.51. The number of piperidine rings is 1. The van der Waals surface area contributed by atoms with Gasteiger partial charge in [-0.25, -0.2) is 0 Å². The predicted octanol–water partition coefficient (Wildman–Crippen LogP) is 0.803. The van der Waals surface area contributed by atoms with E-state index in [9.17, 15) is 0 Å². The summed E-state index contributed by atoms with van der Waals surface area (Å²) >= 11 is 0. The number of nitrogens with zero attached hydrogens (tertiary/aromatic N) is 2. The van der Waals surface area contributed by atoms with E-state index in [-0.39, 0.29) is 0 Å². The van der Waals surface area contributed by atoms with E-state index in [2.05, 4.69) is 16.7 Å². The highest BCUT2D eigenvalue weighted by Crippen LogP contribution is 2.16. The van der Waals surface area contributed by atoms with E-state index >= 15 is 0 Å². The SMILES string of the molecule is CCN1CCCC(N2CCOCC2)C1. The number of likely N-dealkylation sites (tertiary alicyclic amines) is 1. The van der Waals surface area contributed by atoms with E-state index in [1.807, 2.05) is 0 Å². The molecule has 0 spiro atoms. The van der Waals surface area contributed by atoms with E-state index in [1.54, 1.807) is 0 Å². The second-order valence-electron chi connectivity index (χ2n) is 4.34. The van der Waals surface area contributed by atoms with Crippen LogP contribution in [0.2, 0.25) is 0 Å². The number of ether oxygens (including phenoxy) is 1. The minimum atomic E-state index is 0.799. The number of morpholine rings is 1. The van der Waals surface area contributed by atoms with Crippen molar-refractivity contribution in [2.24, 2.45) is 0 Å². The molecule has 1 unspecified atom stereocenters. The van der Waals surface area contributed by atoms with Gasteiger partial charge in [0.2, 0.25) is 0 Å². The second-order valence-corrected chi connectivity index (χ2v) is 4.34. The molecule has 2 fully saturated rings. The lowest BCUT2D eigenvalue weighted by atomic mass is 10.0. The Morgan fingerprint density at radius 3 is 2.71 bits per heavy atom. The van der Waals surface area contributed by atoms with Crippen molar-refractivity contribution in [3.63, 3.8) is 0 Å². The first-order valence-corrected chi connectivity index (χ1v) is 5.94. The Hall–Kier alpha value is -0.120. The van der Waals surface area contributed by atoms with Gasteiger partial charge in [-0.3, -0.25) is 4.90 Å². The molecule has 2 heterocycles. The van der Waals surface area contributed by atoms with Gasteiger partial charge in [0, 0.05) is 25.7 Å².